The van der Waals surface area contributed by atoms with Crippen molar-refractivity contribution >= 4 is 23.7 Å². The highest BCUT2D eigenvalue weighted by molar-refractivity contribution is 6.19. The van der Waals surface area contributed by atoms with Gasteiger partial charge in [0.05, 0.1) is 6.04 Å². The molecule has 1 aromatic heterocycles. The third-order valence-electron chi connectivity index (χ3n) is 5.76. The summed E-state index contributed by atoms with van der Waals surface area (Å²) in [6.45, 7) is 6.35. The molecule has 1 aromatic rings. The number of likely N-dealkylation sites (N-methyl/N-ethyl adjacent to an activating group) is 2. The van der Waals surface area contributed by atoms with Gasteiger partial charge in [0.15, 0.2) is 0 Å². The van der Waals surface area contributed by atoms with Crippen LogP contribution in [-0.2, 0) is 4.79 Å². The Hall–Kier alpha value is -2.18. The molecule has 3 amide bonds. The number of fused-ring (bicyclic) bond motifs is 3. The highest BCUT2D eigenvalue weighted by atomic mass is 16.2. The van der Waals surface area contributed by atoms with E-state index in [1.165, 1.54) is 28.3 Å². The fourth-order valence-corrected chi connectivity index (χ4v) is 4.35. The summed E-state index contributed by atoms with van der Waals surface area (Å²) < 4.78 is 4.31. The molecule has 24 heavy (non-hydrogen) atoms. The van der Waals surface area contributed by atoms with E-state index in [0.29, 0.717) is 18.4 Å². The van der Waals surface area contributed by atoms with Crippen LogP contribution in [0.3, 0.4) is 0 Å². The molecule has 1 unspecified atom stereocenters. The predicted octanol–water partition coefficient (Wildman–Crippen LogP) is 2.01. The standard InChI is InChI=1S/C17H24N5O2/c1-5-20-15(23)13-14(19(4)17(20)24)18-16-21(12-8-6-7-9-12)10(2)11(3)22(13)16/h12-13H,5-9H2,1-4H3/q+1. The van der Waals surface area contributed by atoms with Gasteiger partial charge in [-0.1, -0.05) is 4.99 Å². The summed E-state index contributed by atoms with van der Waals surface area (Å²) in [4.78, 5) is 32.9. The number of imide groups is 1. The Bertz CT molecular complexity index is 772. The molecule has 7 heteroatoms. The van der Waals surface area contributed by atoms with E-state index in [0.717, 1.165) is 24.5 Å². The number of rotatable bonds is 2. The van der Waals surface area contributed by atoms with Crippen molar-refractivity contribution in [2.45, 2.75) is 58.5 Å². The van der Waals surface area contributed by atoms with Crippen LogP contribution in [0.25, 0.3) is 0 Å². The second-order valence-electron chi connectivity index (χ2n) is 6.95. The summed E-state index contributed by atoms with van der Waals surface area (Å²) in [5.74, 6) is 1.21. The zero-order valence-electron chi connectivity index (χ0n) is 14.7. The molecule has 7 nitrogen and oxygen atoms in total. The third-order valence-corrected chi connectivity index (χ3v) is 5.76. The summed E-state index contributed by atoms with van der Waals surface area (Å²) in [7, 11) is 1.71. The molecule has 3 heterocycles. The molecule has 128 valence electrons. The van der Waals surface area contributed by atoms with Crippen LogP contribution in [0, 0.1) is 13.8 Å². The summed E-state index contributed by atoms with van der Waals surface area (Å²) in [6.07, 6.45) is 4.78. The molecule has 0 aromatic carbocycles. The van der Waals surface area contributed by atoms with E-state index >= 15 is 0 Å². The lowest BCUT2D eigenvalue weighted by atomic mass is 10.1. The molecule has 0 radical (unpaired) electrons. The minimum Gasteiger partial charge on any atom is -0.270 e. The molecule has 0 bridgehead atoms. The van der Waals surface area contributed by atoms with Crippen LogP contribution in [0.15, 0.2) is 4.99 Å². The largest absolute Gasteiger partial charge is 0.402 e. The number of aromatic nitrogens is 2. The van der Waals surface area contributed by atoms with Crippen molar-refractivity contribution in [1.29, 1.82) is 0 Å². The van der Waals surface area contributed by atoms with E-state index in [1.807, 2.05) is 18.4 Å². The Balaban J connectivity index is 1.89. The molecule has 4 rings (SSSR count). The van der Waals surface area contributed by atoms with Gasteiger partial charge in [0.25, 0.3) is 5.91 Å². The monoisotopic (exact) mass is 330 g/mol. The molecule has 2 fully saturated rings. The summed E-state index contributed by atoms with van der Waals surface area (Å²) in [5, 5.41) is 0. The van der Waals surface area contributed by atoms with Gasteiger partial charge >= 0.3 is 12.0 Å². The highest BCUT2D eigenvalue weighted by Gasteiger charge is 2.54. The lowest BCUT2D eigenvalue weighted by molar-refractivity contribution is -0.683. The molecule has 0 spiro atoms. The fourth-order valence-electron chi connectivity index (χ4n) is 4.35. The average molecular weight is 330 g/mol. The smallest absolute Gasteiger partial charge is 0.270 e. The molecule has 1 atom stereocenters. The van der Waals surface area contributed by atoms with Crippen molar-refractivity contribution < 1.29 is 14.2 Å². The zero-order chi connectivity index (χ0) is 17.2. The molecule has 1 aliphatic carbocycles. The van der Waals surface area contributed by atoms with E-state index in [9.17, 15) is 9.59 Å². The Labute approximate surface area is 141 Å². The van der Waals surface area contributed by atoms with Crippen LogP contribution in [0.4, 0.5) is 10.7 Å². The quantitative estimate of drug-likeness (QED) is 0.779. The predicted molar refractivity (Wildman–Crippen MR) is 88.3 cm³/mol. The average Bonchev–Trinajstić information content (AvgIpc) is 3.25. The maximum absolute atomic E-state index is 12.9. The Morgan fingerprint density at radius 3 is 2.50 bits per heavy atom. The summed E-state index contributed by atoms with van der Waals surface area (Å²) in [5.41, 5.74) is 2.24. The van der Waals surface area contributed by atoms with Gasteiger partial charge in [-0.05, 0) is 46.5 Å². The summed E-state index contributed by atoms with van der Waals surface area (Å²) >= 11 is 0. The first-order valence-electron chi connectivity index (χ1n) is 8.78. The van der Waals surface area contributed by atoms with Gasteiger partial charge in [-0.25, -0.2) is 13.9 Å². The van der Waals surface area contributed by atoms with E-state index in [2.05, 4.69) is 11.5 Å². The minimum atomic E-state index is -0.510. The first kappa shape index (κ1) is 15.4. The SMILES string of the molecule is CCN1C(=O)C2C(=Nc3n(C4CCCC4)c(C)c(C)[n+]32)N(C)C1=O. The first-order chi connectivity index (χ1) is 11.5. The number of imidazole rings is 1. The van der Waals surface area contributed by atoms with Crippen LogP contribution >= 0.6 is 0 Å². The van der Waals surface area contributed by atoms with Crippen molar-refractivity contribution in [3.8, 4) is 0 Å². The number of urea groups is 1. The third kappa shape index (κ3) is 1.78. The van der Waals surface area contributed by atoms with Gasteiger partial charge in [-0.15, -0.1) is 0 Å². The number of amides is 3. The molecule has 3 aliphatic rings. The zero-order valence-corrected chi connectivity index (χ0v) is 14.7. The van der Waals surface area contributed by atoms with E-state index < -0.39 is 6.04 Å². The van der Waals surface area contributed by atoms with Gasteiger partial charge in [-0.3, -0.25) is 14.6 Å². The topological polar surface area (TPSA) is 61.8 Å². The van der Waals surface area contributed by atoms with E-state index in [1.54, 1.807) is 7.05 Å². The fraction of sp³-hybridized carbons (Fsp3) is 0.647. The van der Waals surface area contributed by atoms with Gasteiger partial charge < -0.3 is 0 Å². The Morgan fingerprint density at radius 2 is 1.88 bits per heavy atom. The van der Waals surface area contributed by atoms with Crippen molar-refractivity contribution in [3.63, 3.8) is 0 Å². The van der Waals surface area contributed by atoms with Crippen molar-refractivity contribution in [1.82, 2.24) is 14.4 Å². The van der Waals surface area contributed by atoms with Crippen LogP contribution < -0.4 is 4.57 Å². The highest BCUT2D eigenvalue weighted by Crippen LogP contribution is 2.38. The van der Waals surface area contributed by atoms with Gasteiger partial charge in [-0.2, -0.15) is 0 Å². The van der Waals surface area contributed by atoms with Gasteiger partial charge in [0, 0.05) is 13.6 Å². The Kier molecular flexibility index (Phi) is 3.30. The van der Waals surface area contributed by atoms with Crippen molar-refractivity contribution in [3.05, 3.63) is 11.4 Å². The number of amidine groups is 1. The number of aliphatic imine (C=N–C) groups is 1. The molecule has 1 saturated heterocycles. The molecule has 1 saturated carbocycles. The lowest BCUT2D eigenvalue weighted by Gasteiger charge is -2.32. The number of carbonyl (C=O) groups is 2. The van der Waals surface area contributed by atoms with Crippen LogP contribution in [0.2, 0.25) is 0 Å². The summed E-state index contributed by atoms with van der Waals surface area (Å²) in [6, 6.07) is -0.350. The lowest BCUT2D eigenvalue weighted by Crippen LogP contribution is -2.63. The maximum atomic E-state index is 12.9. The minimum absolute atomic E-state index is 0.172. The van der Waals surface area contributed by atoms with Gasteiger partial charge in [0.2, 0.25) is 11.9 Å². The van der Waals surface area contributed by atoms with Crippen LogP contribution in [-0.4, -0.2) is 45.7 Å². The van der Waals surface area contributed by atoms with Crippen molar-refractivity contribution in [2.24, 2.45) is 4.99 Å². The van der Waals surface area contributed by atoms with Gasteiger partial charge in [0.1, 0.15) is 11.4 Å². The van der Waals surface area contributed by atoms with E-state index in [4.69, 9.17) is 4.99 Å². The number of nitrogens with zero attached hydrogens (tertiary/aromatic N) is 5. The molecular formula is C17H24N5O2+. The molecule has 0 N–H and O–H groups in total. The number of hydrogen-bond donors (Lipinski definition) is 0. The van der Waals surface area contributed by atoms with E-state index in [-0.39, 0.29) is 11.9 Å². The first-order valence-corrected chi connectivity index (χ1v) is 8.78. The Morgan fingerprint density at radius 1 is 1.21 bits per heavy atom. The van der Waals surface area contributed by atoms with Crippen LogP contribution in [0.1, 0.15) is 56.1 Å². The number of hydrogen-bond acceptors (Lipinski definition) is 3. The second-order valence-corrected chi connectivity index (χ2v) is 6.95. The normalized spacial score (nSPS) is 23.8. The molecule has 2 aliphatic heterocycles. The second kappa shape index (κ2) is 5.16. The molecular weight excluding hydrogens is 306 g/mol. The maximum Gasteiger partial charge on any atom is 0.402 e. The van der Waals surface area contributed by atoms with Crippen LogP contribution in [0.5, 0.6) is 0 Å². The van der Waals surface area contributed by atoms with Crippen molar-refractivity contribution in [2.75, 3.05) is 13.6 Å². The number of carbonyl (C=O) groups excluding carboxylic acids is 2.